The zero-order valence-electron chi connectivity index (χ0n) is 12.8. The van der Waals surface area contributed by atoms with E-state index in [0.29, 0.717) is 5.92 Å². The van der Waals surface area contributed by atoms with E-state index in [1.807, 2.05) is 23.5 Å². The summed E-state index contributed by atoms with van der Waals surface area (Å²) in [7, 11) is 0. The van der Waals surface area contributed by atoms with Gasteiger partial charge < -0.3 is 0 Å². The molecule has 0 saturated carbocycles. The number of para-hydroxylation sites is 1. The van der Waals surface area contributed by atoms with E-state index < -0.39 is 0 Å². The second kappa shape index (κ2) is 7.53. The van der Waals surface area contributed by atoms with Gasteiger partial charge in [-0.05, 0) is 37.1 Å². The molecule has 114 valence electrons. The first-order valence-electron chi connectivity index (χ1n) is 7.38. The van der Waals surface area contributed by atoms with E-state index in [1.165, 1.54) is 19.5 Å². The average Bonchev–Trinajstić information content (AvgIpc) is 2.95. The molecular weight excluding hydrogens is 326 g/mol. The molecule has 3 aromatic rings. The number of thioether (sulfide) groups is 2. The normalized spacial score (nSPS) is 12.6. The minimum absolute atomic E-state index is 0.670. The SMILES string of the molecule is Cc1ccc(SC[C@H](C)CSc2nc3ccccc3s2)cc1. The standard InChI is InChI=1S/C18H19NS3/c1-13-7-9-15(10-8-13)20-11-14(2)12-21-18-19-16-5-3-4-6-17(16)22-18/h3-10,14H,11-12H2,1-2H3/t14-/m0/s1. The van der Waals surface area contributed by atoms with Crippen molar-refractivity contribution in [1.82, 2.24) is 4.98 Å². The van der Waals surface area contributed by atoms with E-state index in [4.69, 9.17) is 0 Å². The van der Waals surface area contributed by atoms with Crippen molar-refractivity contribution >= 4 is 45.1 Å². The first-order valence-corrected chi connectivity index (χ1v) is 10.2. The lowest BCUT2D eigenvalue weighted by atomic mass is 10.2. The fraction of sp³-hybridized carbons (Fsp3) is 0.278. The van der Waals surface area contributed by atoms with E-state index in [1.54, 1.807) is 11.3 Å². The molecule has 1 heterocycles. The molecule has 0 radical (unpaired) electrons. The summed E-state index contributed by atoms with van der Waals surface area (Å²) in [4.78, 5) is 6.05. The molecule has 0 spiro atoms. The van der Waals surface area contributed by atoms with Crippen LogP contribution in [0.3, 0.4) is 0 Å². The molecule has 0 saturated heterocycles. The summed E-state index contributed by atoms with van der Waals surface area (Å²) in [6.45, 7) is 4.45. The Kier molecular flexibility index (Phi) is 5.45. The van der Waals surface area contributed by atoms with Crippen LogP contribution in [-0.4, -0.2) is 16.5 Å². The van der Waals surface area contributed by atoms with Crippen molar-refractivity contribution in [2.24, 2.45) is 5.92 Å². The van der Waals surface area contributed by atoms with Crippen LogP contribution < -0.4 is 0 Å². The maximum absolute atomic E-state index is 4.69. The van der Waals surface area contributed by atoms with Crippen LogP contribution in [0.1, 0.15) is 12.5 Å². The molecule has 0 N–H and O–H groups in total. The number of hydrogen-bond donors (Lipinski definition) is 0. The number of hydrogen-bond acceptors (Lipinski definition) is 4. The quantitative estimate of drug-likeness (QED) is 0.499. The third-order valence-electron chi connectivity index (χ3n) is 3.32. The first-order chi connectivity index (χ1) is 10.7. The second-order valence-electron chi connectivity index (χ2n) is 5.49. The maximum Gasteiger partial charge on any atom is 0.151 e. The second-order valence-corrected chi connectivity index (χ2v) is 8.88. The third kappa shape index (κ3) is 4.28. The predicted molar refractivity (Wildman–Crippen MR) is 101 cm³/mol. The summed E-state index contributed by atoms with van der Waals surface area (Å²) in [5.74, 6) is 2.95. The van der Waals surface area contributed by atoms with Gasteiger partial charge >= 0.3 is 0 Å². The Morgan fingerprint density at radius 2 is 1.73 bits per heavy atom. The van der Waals surface area contributed by atoms with Crippen molar-refractivity contribution in [3.05, 3.63) is 54.1 Å². The highest BCUT2D eigenvalue weighted by atomic mass is 32.2. The number of rotatable bonds is 6. The Balaban J connectivity index is 1.49. The molecule has 0 fully saturated rings. The van der Waals surface area contributed by atoms with E-state index in [2.05, 4.69) is 67.4 Å². The van der Waals surface area contributed by atoms with Gasteiger partial charge in [-0.1, -0.05) is 48.5 Å². The lowest BCUT2D eigenvalue weighted by molar-refractivity contribution is 0.764. The van der Waals surface area contributed by atoms with Gasteiger partial charge in [-0.3, -0.25) is 0 Å². The van der Waals surface area contributed by atoms with E-state index in [-0.39, 0.29) is 0 Å². The van der Waals surface area contributed by atoms with Gasteiger partial charge in [-0.15, -0.1) is 23.1 Å². The lowest BCUT2D eigenvalue weighted by Crippen LogP contribution is -2.01. The highest BCUT2D eigenvalue weighted by Crippen LogP contribution is 2.31. The summed E-state index contributed by atoms with van der Waals surface area (Å²) in [6.07, 6.45) is 0. The Morgan fingerprint density at radius 1 is 1.00 bits per heavy atom. The summed E-state index contributed by atoms with van der Waals surface area (Å²) in [5.41, 5.74) is 2.44. The number of benzene rings is 2. The molecule has 0 aliphatic rings. The monoisotopic (exact) mass is 345 g/mol. The van der Waals surface area contributed by atoms with Gasteiger partial charge in [0.1, 0.15) is 0 Å². The van der Waals surface area contributed by atoms with Crippen LogP contribution in [0.15, 0.2) is 57.8 Å². The molecule has 22 heavy (non-hydrogen) atoms. The van der Waals surface area contributed by atoms with Gasteiger partial charge in [0.25, 0.3) is 0 Å². The molecule has 0 unspecified atom stereocenters. The zero-order chi connectivity index (χ0) is 15.4. The van der Waals surface area contributed by atoms with Crippen molar-refractivity contribution in [2.75, 3.05) is 11.5 Å². The molecule has 1 atom stereocenters. The number of aromatic nitrogens is 1. The molecule has 0 aliphatic carbocycles. The smallest absolute Gasteiger partial charge is 0.151 e. The minimum atomic E-state index is 0.670. The third-order valence-corrected chi connectivity index (χ3v) is 7.17. The van der Waals surface area contributed by atoms with Crippen LogP contribution in [0, 0.1) is 12.8 Å². The number of aryl methyl sites for hydroxylation is 1. The minimum Gasteiger partial charge on any atom is -0.230 e. The predicted octanol–water partition coefficient (Wildman–Crippen LogP) is 6.13. The zero-order valence-corrected chi connectivity index (χ0v) is 15.2. The Hall–Kier alpha value is -0.970. The van der Waals surface area contributed by atoms with Gasteiger partial charge in [-0.2, -0.15) is 0 Å². The van der Waals surface area contributed by atoms with Gasteiger partial charge in [0, 0.05) is 16.4 Å². The van der Waals surface area contributed by atoms with Crippen molar-refractivity contribution in [3.63, 3.8) is 0 Å². The number of thiazole rings is 1. The molecule has 0 amide bonds. The van der Waals surface area contributed by atoms with Gasteiger partial charge in [0.05, 0.1) is 10.2 Å². The molecule has 2 aromatic carbocycles. The van der Waals surface area contributed by atoms with Crippen LogP contribution in [-0.2, 0) is 0 Å². The van der Waals surface area contributed by atoms with Crippen LogP contribution in [0.4, 0.5) is 0 Å². The van der Waals surface area contributed by atoms with Crippen LogP contribution >= 0.6 is 34.9 Å². The summed E-state index contributed by atoms with van der Waals surface area (Å²) < 4.78 is 2.47. The van der Waals surface area contributed by atoms with E-state index in [9.17, 15) is 0 Å². The molecular formula is C18H19NS3. The van der Waals surface area contributed by atoms with Gasteiger partial charge in [-0.25, -0.2) is 4.98 Å². The fourth-order valence-electron chi connectivity index (χ4n) is 2.05. The summed E-state index contributed by atoms with van der Waals surface area (Å²) in [5, 5.41) is 0. The molecule has 0 bridgehead atoms. The molecule has 1 aromatic heterocycles. The van der Waals surface area contributed by atoms with Gasteiger partial charge in [0.2, 0.25) is 0 Å². The Morgan fingerprint density at radius 3 is 2.50 bits per heavy atom. The molecule has 4 heteroatoms. The van der Waals surface area contributed by atoms with E-state index in [0.717, 1.165) is 17.0 Å². The number of fused-ring (bicyclic) bond motifs is 1. The summed E-state index contributed by atoms with van der Waals surface area (Å²) >= 11 is 5.63. The van der Waals surface area contributed by atoms with Crippen molar-refractivity contribution in [1.29, 1.82) is 0 Å². The van der Waals surface area contributed by atoms with Crippen LogP contribution in [0.25, 0.3) is 10.2 Å². The van der Waals surface area contributed by atoms with Crippen molar-refractivity contribution in [3.8, 4) is 0 Å². The lowest BCUT2D eigenvalue weighted by Gasteiger charge is -2.09. The largest absolute Gasteiger partial charge is 0.230 e. The maximum atomic E-state index is 4.69. The molecule has 1 nitrogen and oxygen atoms in total. The fourth-order valence-corrected chi connectivity index (χ4v) is 5.23. The van der Waals surface area contributed by atoms with E-state index >= 15 is 0 Å². The highest BCUT2D eigenvalue weighted by molar-refractivity contribution is 8.01. The van der Waals surface area contributed by atoms with Crippen LogP contribution in [0.5, 0.6) is 0 Å². The Labute approximate surface area is 144 Å². The molecule has 0 aliphatic heterocycles. The Bertz CT molecular complexity index is 700. The van der Waals surface area contributed by atoms with Gasteiger partial charge in [0.15, 0.2) is 4.34 Å². The van der Waals surface area contributed by atoms with Crippen molar-refractivity contribution < 1.29 is 0 Å². The topological polar surface area (TPSA) is 12.9 Å². The highest BCUT2D eigenvalue weighted by Gasteiger charge is 2.08. The molecule has 3 rings (SSSR count). The van der Waals surface area contributed by atoms with Crippen LogP contribution in [0.2, 0.25) is 0 Å². The number of nitrogens with zero attached hydrogens (tertiary/aromatic N) is 1. The average molecular weight is 346 g/mol. The summed E-state index contributed by atoms with van der Waals surface area (Å²) in [6, 6.07) is 17.2. The first kappa shape index (κ1) is 15.9. The van der Waals surface area contributed by atoms with Crippen molar-refractivity contribution in [2.45, 2.75) is 23.1 Å².